The van der Waals surface area contributed by atoms with E-state index in [0.29, 0.717) is 10.8 Å². The second-order valence-electron chi connectivity index (χ2n) is 3.36. The molecule has 0 bridgehead atoms. The number of ether oxygens (including phenoxy) is 1. The van der Waals surface area contributed by atoms with Gasteiger partial charge in [0.2, 0.25) is 0 Å². The van der Waals surface area contributed by atoms with Crippen molar-refractivity contribution in [3.63, 3.8) is 0 Å². The second kappa shape index (κ2) is 6.49. The van der Waals surface area contributed by atoms with Crippen molar-refractivity contribution in [3.05, 3.63) is 21.3 Å². The number of nitrogens with two attached hydrogens (primary N) is 1. The third kappa shape index (κ3) is 3.97. The molecule has 2 unspecified atom stereocenters. The van der Waals surface area contributed by atoms with Gasteiger partial charge in [-0.05, 0) is 18.6 Å². The summed E-state index contributed by atoms with van der Waals surface area (Å²) in [6.45, 7) is 1.28. The summed E-state index contributed by atoms with van der Waals surface area (Å²) in [4.78, 5) is 0.792. The molecular weight excluding hydrogens is 256 g/mol. The van der Waals surface area contributed by atoms with Crippen LogP contribution in [0.1, 0.15) is 24.3 Å². The van der Waals surface area contributed by atoms with Gasteiger partial charge in [-0.15, -0.1) is 11.3 Å². The SMILES string of the molecule is CCC(N)C(OCC(F)F)c1ccc(Cl)s1. The monoisotopic (exact) mass is 269 g/mol. The Kier molecular flexibility index (Phi) is 5.61. The Balaban J connectivity index is 2.71. The van der Waals surface area contributed by atoms with Crippen LogP contribution < -0.4 is 5.73 Å². The molecule has 1 rings (SSSR count). The summed E-state index contributed by atoms with van der Waals surface area (Å²) in [5.41, 5.74) is 5.84. The van der Waals surface area contributed by atoms with Gasteiger partial charge in [-0.1, -0.05) is 18.5 Å². The maximum absolute atomic E-state index is 12.1. The van der Waals surface area contributed by atoms with Gasteiger partial charge in [0.1, 0.15) is 12.7 Å². The number of halogens is 3. The van der Waals surface area contributed by atoms with E-state index in [1.54, 1.807) is 12.1 Å². The van der Waals surface area contributed by atoms with Crippen LogP contribution in [0, 0.1) is 0 Å². The van der Waals surface area contributed by atoms with E-state index in [4.69, 9.17) is 22.1 Å². The van der Waals surface area contributed by atoms with Crippen LogP contribution >= 0.6 is 22.9 Å². The highest BCUT2D eigenvalue weighted by molar-refractivity contribution is 7.16. The van der Waals surface area contributed by atoms with Crippen molar-refractivity contribution in [1.82, 2.24) is 0 Å². The molecule has 1 aromatic rings. The summed E-state index contributed by atoms with van der Waals surface area (Å²) in [5.74, 6) is 0. The lowest BCUT2D eigenvalue weighted by Gasteiger charge is -2.22. The summed E-state index contributed by atoms with van der Waals surface area (Å²) in [6, 6.07) is 3.18. The Morgan fingerprint density at radius 3 is 2.62 bits per heavy atom. The minimum absolute atomic E-state index is 0.298. The molecule has 0 fully saturated rings. The molecule has 0 spiro atoms. The maximum atomic E-state index is 12.1. The number of thiophene rings is 1. The van der Waals surface area contributed by atoms with Crippen LogP contribution in [0.15, 0.2) is 12.1 Å². The average molecular weight is 270 g/mol. The molecule has 6 heteroatoms. The molecule has 0 aliphatic rings. The van der Waals surface area contributed by atoms with E-state index >= 15 is 0 Å². The molecule has 92 valence electrons. The van der Waals surface area contributed by atoms with Crippen LogP contribution in [0.3, 0.4) is 0 Å². The number of rotatable bonds is 6. The lowest BCUT2D eigenvalue weighted by Crippen LogP contribution is -2.30. The van der Waals surface area contributed by atoms with E-state index < -0.39 is 19.1 Å². The Morgan fingerprint density at radius 1 is 1.50 bits per heavy atom. The molecule has 2 atom stereocenters. The molecule has 0 saturated heterocycles. The molecule has 0 aromatic carbocycles. The lowest BCUT2D eigenvalue weighted by atomic mass is 10.1. The third-order valence-electron chi connectivity index (χ3n) is 2.14. The van der Waals surface area contributed by atoms with Gasteiger partial charge in [-0.25, -0.2) is 8.78 Å². The fraction of sp³-hybridized carbons (Fsp3) is 0.600. The smallest absolute Gasteiger partial charge is 0.261 e. The van der Waals surface area contributed by atoms with Crippen LogP contribution in [-0.4, -0.2) is 19.1 Å². The zero-order valence-corrected chi connectivity index (χ0v) is 10.4. The molecule has 1 aromatic heterocycles. The highest BCUT2D eigenvalue weighted by Crippen LogP contribution is 2.31. The standard InChI is InChI=1S/C10H14ClF2NOS/c1-2-6(14)10(15-5-9(12)13)7-3-4-8(11)16-7/h3-4,6,9-10H,2,5,14H2,1H3. The number of hydrogen-bond acceptors (Lipinski definition) is 3. The zero-order valence-electron chi connectivity index (χ0n) is 8.83. The van der Waals surface area contributed by atoms with Crippen molar-refractivity contribution >= 4 is 22.9 Å². The summed E-state index contributed by atoms with van der Waals surface area (Å²) >= 11 is 7.10. The van der Waals surface area contributed by atoms with Crippen molar-refractivity contribution in [1.29, 1.82) is 0 Å². The van der Waals surface area contributed by atoms with E-state index in [1.165, 1.54) is 11.3 Å². The quantitative estimate of drug-likeness (QED) is 0.858. The van der Waals surface area contributed by atoms with Gasteiger partial charge in [0, 0.05) is 10.9 Å². The first-order chi connectivity index (χ1) is 7.54. The van der Waals surface area contributed by atoms with Crippen LogP contribution in [0.5, 0.6) is 0 Å². The van der Waals surface area contributed by atoms with E-state index in [-0.39, 0.29) is 6.04 Å². The van der Waals surface area contributed by atoms with Gasteiger partial charge in [0.25, 0.3) is 6.43 Å². The summed E-state index contributed by atoms with van der Waals surface area (Å²) in [7, 11) is 0. The van der Waals surface area contributed by atoms with Crippen LogP contribution in [0.4, 0.5) is 8.78 Å². The lowest BCUT2D eigenvalue weighted by molar-refractivity contribution is -0.0337. The molecule has 0 amide bonds. The molecule has 0 aliphatic heterocycles. The molecule has 0 aliphatic carbocycles. The second-order valence-corrected chi connectivity index (χ2v) is 5.11. The molecule has 2 N–H and O–H groups in total. The van der Waals surface area contributed by atoms with Gasteiger partial charge in [0.05, 0.1) is 4.34 Å². The molecular formula is C10H14ClF2NOS. The third-order valence-corrected chi connectivity index (χ3v) is 3.43. The molecule has 0 saturated carbocycles. The van der Waals surface area contributed by atoms with Gasteiger partial charge in [-0.3, -0.25) is 0 Å². The van der Waals surface area contributed by atoms with Crippen molar-refractivity contribution in [2.45, 2.75) is 31.9 Å². The predicted molar refractivity (Wildman–Crippen MR) is 62.3 cm³/mol. The minimum Gasteiger partial charge on any atom is -0.365 e. The molecule has 16 heavy (non-hydrogen) atoms. The summed E-state index contributed by atoms with van der Waals surface area (Å²) < 4.78 is 29.9. The largest absolute Gasteiger partial charge is 0.365 e. The van der Waals surface area contributed by atoms with Gasteiger partial charge in [0.15, 0.2) is 0 Å². The van der Waals surface area contributed by atoms with E-state index in [9.17, 15) is 8.78 Å². The van der Waals surface area contributed by atoms with Crippen molar-refractivity contribution in [2.24, 2.45) is 5.73 Å². The van der Waals surface area contributed by atoms with Crippen LogP contribution in [0.25, 0.3) is 0 Å². The number of alkyl halides is 2. The summed E-state index contributed by atoms with van der Waals surface area (Å²) in [6.07, 6.45) is -2.33. The number of hydrogen-bond donors (Lipinski definition) is 1. The highest BCUT2D eigenvalue weighted by atomic mass is 35.5. The van der Waals surface area contributed by atoms with E-state index in [0.717, 1.165) is 4.88 Å². The van der Waals surface area contributed by atoms with Gasteiger partial charge < -0.3 is 10.5 Å². The van der Waals surface area contributed by atoms with Crippen molar-refractivity contribution in [3.8, 4) is 0 Å². The first-order valence-corrected chi connectivity index (χ1v) is 6.14. The van der Waals surface area contributed by atoms with Gasteiger partial charge >= 0.3 is 0 Å². The molecule has 1 heterocycles. The maximum Gasteiger partial charge on any atom is 0.261 e. The topological polar surface area (TPSA) is 35.2 Å². The average Bonchev–Trinajstić information content (AvgIpc) is 2.64. The molecule has 0 radical (unpaired) electrons. The summed E-state index contributed by atoms with van der Waals surface area (Å²) in [5, 5.41) is 0. The van der Waals surface area contributed by atoms with Crippen molar-refractivity contribution in [2.75, 3.05) is 6.61 Å². The highest BCUT2D eigenvalue weighted by Gasteiger charge is 2.22. The minimum atomic E-state index is -2.48. The molecule has 2 nitrogen and oxygen atoms in total. The Labute approximate surface area is 102 Å². The Bertz CT molecular complexity index is 322. The fourth-order valence-electron chi connectivity index (χ4n) is 1.29. The van der Waals surface area contributed by atoms with Crippen LogP contribution in [-0.2, 0) is 4.74 Å². The van der Waals surface area contributed by atoms with E-state index in [2.05, 4.69) is 0 Å². The fourth-order valence-corrected chi connectivity index (χ4v) is 2.47. The first-order valence-electron chi connectivity index (χ1n) is 4.95. The zero-order chi connectivity index (χ0) is 12.1. The van der Waals surface area contributed by atoms with Crippen molar-refractivity contribution < 1.29 is 13.5 Å². The Hall–Kier alpha value is -0.230. The van der Waals surface area contributed by atoms with Crippen LogP contribution in [0.2, 0.25) is 4.34 Å². The normalized spacial score (nSPS) is 15.4. The first kappa shape index (κ1) is 13.8. The van der Waals surface area contributed by atoms with Gasteiger partial charge in [-0.2, -0.15) is 0 Å². The predicted octanol–water partition coefficient (Wildman–Crippen LogP) is 3.46. The Morgan fingerprint density at radius 2 is 2.19 bits per heavy atom. The van der Waals surface area contributed by atoms with E-state index in [1.807, 2.05) is 6.92 Å².